The number of imidazole rings is 1. The van der Waals surface area contributed by atoms with Gasteiger partial charge in [0.1, 0.15) is 11.3 Å². The molecular formula is C20H19BrF6N6O2. The number of ether oxygens (including phenoxy) is 1. The predicted octanol–water partition coefficient (Wildman–Crippen LogP) is 4.13. The smallest absolute Gasteiger partial charge is 0.405 e. The number of likely N-dealkylation sites (tertiary alicyclic amines) is 1. The molecule has 2 aromatic heterocycles. The lowest BCUT2D eigenvalue weighted by atomic mass is 10.1. The maximum absolute atomic E-state index is 12.8. The van der Waals surface area contributed by atoms with Crippen LogP contribution in [0.3, 0.4) is 0 Å². The molecule has 35 heavy (non-hydrogen) atoms. The van der Waals surface area contributed by atoms with Crippen LogP contribution in [0.5, 0.6) is 5.75 Å². The predicted molar refractivity (Wildman–Crippen MR) is 117 cm³/mol. The summed E-state index contributed by atoms with van der Waals surface area (Å²) < 4.78 is 81.9. The molecule has 0 bridgehead atoms. The number of nitrogens with zero attached hydrogens (tertiary/aromatic N) is 4. The van der Waals surface area contributed by atoms with Gasteiger partial charge in [-0.2, -0.15) is 18.2 Å². The molecule has 1 atom stereocenters. The third-order valence-electron chi connectivity index (χ3n) is 5.41. The number of hydrogen-bond donors (Lipinski definition) is 2. The first kappa shape index (κ1) is 25.3. The molecule has 4 rings (SSSR count). The fourth-order valence-corrected chi connectivity index (χ4v) is 4.36. The van der Waals surface area contributed by atoms with Crippen LogP contribution in [-0.2, 0) is 6.54 Å². The zero-order valence-corrected chi connectivity index (χ0v) is 19.5. The van der Waals surface area contributed by atoms with Crippen LogP contribution in [-0.4, -0.2) is 63.1 Å². The lowest BCUT2D eigenvalue weighted by Crippen LogP contribution is -2.33. The normalized spacial score (nSPS) is 17.3. The first-order chi connectivity index (χ1) is 16.4. The topological polar surface area (TPSA) is 88.1 Å². The van der Waals surface area contributed by atoms with Crippen LogP contribution in [0.2, 0.25) is 0 Å². The number of alkyl halides is 6. The highest BCUT2D eigenvalue weighted by Crippen LogP contribution is 2.30. The van der Waals surface area contributed by atoms with Crippen LogP contribution in [0.4, 0.5) is 32.3 Å². The lowest BCUT2D eigenvalue weighted by molar-refractivity contribution is -0.274. The maximum atomic E-state index is 12.8. The Morgan fingerprint density at radius 2 is 2.00 bits per heavy atom. The Balaban J connectivity index is 1.51. The van der Waals surface area contributed by atoms with Gasteiger partial charge in [-0.15, -0.1) is 13.2 Å². The van der Waals surface area contributed by atoms with E-state index >= 15 is 0 Å². The summed E-state index contributed by atoms with van der Waals surface area (Å²) in [5.41, 5.74) is -0.104. The van der Waals surface area contributed by atoms with Crippen molar-refractivity contribution in [3.05, 3.63) is 44.9 Å². The van der Waals surface area contributed by atoms with Gasteiger partial charge in [0.25, 0.3) is 0 Å². The Hall–Kier alpha value is -2.81. The standard InChI is InChI=1S/C20H19BrF6N6O2/c21-13-1-2-15(35-20(25,26)27)12(5-13)9-33-16-14(30-18(33)34)7-29-17(31-16)28-6-11-3-4-32(8-11)10-19(22,23)24/h1-2,5,7,11H,3-4,6,8-10H2,(H,30,34)(H,28,29,31)/t11-/m0/s1. The summed E-state index contributed by atoms with van der Waals surface area (Å²) in [6, 6.07) is 3.92. The number of fused-ring (bicyclic) bond motifs is 1. The van der Waals surface area contributed by atoms with Crippen LogP contribution in [0, 0.1) is 5.92 Å². The van der Waals surface area contributed by atoms with E-state index in [1.807, 2.05) is 0 Å². The average molecular weight is 569 g/mol. The number of benzene rings is 1. The zero-order chi connectivity index (χ0) is 25.4. The second-order valence-electron chi connectivity index (χ2n) is 8.13. The van der Waals surface area contributed by atoms with Gasteiger partial charge in [0.05, 0.1) is 19.3 Å². The SMILES string of the molecule is O=c1[nH]c2cnc(NC[C@@H]3CCN(CC(F)(F)F)C3)nc2n1Cc1cc(Br)ccc1OC(F)(F)F. The van der Waals surface area contributed by atoms with Crippen molar-refractivity contribution in [1.82, 2.24) is 24.4 Å². The van der Waals surface area contributed by atoms with Gasteiger partial charge in [-0.1, -0.05) is 15.9 Å². The Bertz CT molecular complexity index is 1260. The van der Waals surface area contributed by atoms with Crippen molar-refractivity contribution < 1.29 is 31.1 Å². The first-order valence-electron chi connectivity index (χ1n) is 10.4. The molecule has 190 valence electrons. The van der Waals surface area contributed by atoms with Crippen LogP contribution in [0.15, 0.2) is 33.7 Å². The van der Waals surface area contributed by atoms with Crippen molar-refractivity contribution in [2.75, 3.05) is 31.5 Å². The Kier molecular flexibility index (Phi) is 6.99. The molecular weight excluding hydrogens is 550 g/mol. The molecule has 2 N–H and O–H groups in total. The van der Waals surface area contributed by atoms with Crippen molar-refractivity contribution in [3.63, 3.8) is 0 Å². The van der Waals surface area contributed by atoms with Crippen molar-refractivity contribution in [1.29, 1.82) is 0 Å². The van der Waals surface area contributed by atoms with Gasteiger partial charge in [0.2, 0.25) is 5.95 Å². The summed E-state index contributed by atoms with van der Waals surface area (Å²) in [5.74, 6) is -0.367. The zero-order valence-electron chi connectivity index (χ0n) is 17.9. The van der Waals surface area contributed by atoms with E-state index < -0.39 is 30.5 Å². The van der Waals surface area contributed by atoms with E-state index in [1.54, 1.807) is 0 Å². The van der Waals surface area contributed by atoms with Crippen molar-refractivity contribution in [2.24, 2.45) is 5.92 Å². The van der Waals surface area contributed by atoms with Gasteiger partial charge in [0, 0.05) is 23.1 Å². The second-order valence-corrected chi connectivity index (χ2v) is 9.05. The van der Waals surface area contributed by atoms with Crippen LogP contribution in [0.25, 0.3) is 11.2 Å². The Morgan fingerprint density at radius 1 is 1.23 bits per heavy atom. The summed E-state index contributed by atoms with van der Waals surface area (Å²) in [6.45, 7) is -0.303. The molecule has 1 saturated heterocycles. The third-order valence-corrected chi connectivity index (χ3v) is 5.90. The average Bonchev–Trinajstić information content (AvgIpc) is 3.30. The minimum Gasteiger partial charge on any atom is -0.405 e. The second kappa shape index (κ2) is 9.68. The molecule has 1 aromatic carbocycles. The van der Waals surface area contributed by atoms with Crippen LogP contribution < -0.4 is 15.7 Å². The highest BCUT2D eigenvalue weighted by atomic mass is 79.9. The van der Waals surface area contributed by atoms with E-state index in [2.05, 4.69) is 40.9 Å². The summed E-state index contributed by atoms with van der Waals surface area (Å²) in [6.07, 6.45) is -7.25. The Morgan fingerprint density at radius 3 is 2.71 bits per heavy atom. The van der Waals surface area contributed by atoms with Crippen molar-refractivity contribution >= 4 is 33.0 Å². The molecule has 0 aliphatic carbocycles. The molecule has 0 spiro atoms. The quantitative estimate of drug-likeness (QED) is 0.417. The molecule has 1 aliphatic heterocycles. The number of halogens is 7. The molecule has 0 amide bonds. The molecule has 15 heteroatoms. The number of rotatable bonds is 7. The molecule has 1 fully saturated rings. The van der Waals surface area contributed by atoms with Crippen molar-refractivity contribution in [3.8, 4) is 5.75 Å². The summed E-state index contributed by atoms with van der Waals surface area (Å²) in [5, 5.41) is 2.97. The molecule has 1 aliphatic rings. The fraction of sp³-hybridized carbons (Fsp3) is 0.450. The van der Waals surface area contributed by atoms with E-state index in [4.69, 9.17) is 0 Å². The van der Waals surface area contributed by atoms with Gasteiger partial charge in [-0.25, -0.2) is 9.78 Å². The van der Waals surface area contributed by atoms with E-state index in [0.29, 0.717) is 24.0 Å². The number of aromatic nitrogens is 4. The largest absolute Gasteiger partial charge is 0.573 e. The van der Waals surface area contributed by atoms with Crippen LogP contribution in [0.1, 0.15) is 12.0 Å². The first-order valence-corrected chi connectivity index (χ1v) is 11.2. The number of aromatic amines is 1. The molecule has 0 saturated carbocycles. The highest BCUT2D eigenvalue weighted by molar-refractivity contribution is 9.10. The molecule has 0 unspecified atom stereocenters. The number of nitrogens with one attached hydrogen (secondary N) is 2. The minimum atomic E-state index is -4.91. The number of H-pyrrole nitrogens is 1. The molecule has 3 heterocycles. The van der Waals surface area contributed by atoms with Gasteiger partial charge in [0.15, 0.2) is 5.65 Å². The van der Waals surface area contributed by atoms with E-state index in [1.165, 1.54) is 23.2 Å². The summed E-state index contributed by atoms with van der Waals surface area (Å²) in [7, 11) is 0. The molecule has 0 radical (unpaired) electrons. The number of hydrogen-bond acceptors (Lipinski definition) is 6. The van der Waals surface area contributed by atoms with E-state index in [9.17, 15) is 31.1 Å². The Labute approximate surface area is 202 Å². The fourth-order valence-electron chi connectivity index (χ4n) is 3.96. The lowest BCUT2D eigenvalue weighted by Gasteiger charge is -2.18. The van der Waals surface area contributed by atoms with Crippen LogP contribution >= 0.6 is 15.9 Å². The summed E-state index contributed by atoms with van der Waals surface area (Å²) >= 11 is 3.20. The van der Waals surface area contributed by atoms with Gasteiger partial charge in [-0.3, -0.25) is 9.47 Å². The minimum absolute atomic E-state index is 0.0474. The monoisotopic (exact) mass is 568 g/mol. The molecule has 3 aromatic rings. The van der Waals surface area contributed by atoms with E-state index in [0.717, 1.165) is 10.6 Å². The van der Waals surface area contributed by atoms with Gasteiger partial charge >= 0.3 is 18.2 Å². The summed E-state index contributed by atoms with van der Waals surface area (Å²) in [4.78, 5) is 24.8. The maximum Gasteiger partial charge on any atom is 0.573 e. The van der Waals surface area contributed by atoms with Gasteiger partial charge < -0.3 is 15.0 Å². The third kappa shape index (κ3) is 6.66. The molecule has 8 nitrogen and oxygen atoms in total. The number of anilines is 1. The van der Waals surface area contributed by atoms with Gasteiger partial charge in [-0.05, 0) is 37.1 Å². The highest BCUT2D eigenvalue weighted by Gasteiger charge is 2.34. The van der Waals surface area contributed by atoms with E-state index in [-0.39, 0.29) is 41.7 Å². The van der Waals surface area contributed by atoms with Crippen molar-refractivity contribution in [2.45, 2.75) is 25.5 Å².